The molecule has 0 bridgehead atoms. The van der Waals surface area contributed by atoms with E-state index in [1.54, 1.807) is 0 Å². The topological polar surface area (TPSA) is 30.5 Å². The van der Waals surface area contributed by atoms with Gasteiger partial charge in [0, 0.05) is 6.54 Å². The molecule has 0 aliphatic carbocycles. The van der Waals surface area contributed by atoms with Crippen LogP contribution in [-0.4, -0.2) is 20.3 Å². The molecular formula is C13H20ClNO2. The summed E-state index contributed by atoms with van der Waals surface area (Å²) in [5, 5.41) is 3.69. The van der Waals surface area contributed by atoms with Gasteiger partial charge < -0.3 is 14.8 Å². The Morgan fingerprint density at radius 1 is 1.24 bits per heavy atom. The van der Waals surface area contributed by atoms with Gasteiger partial charge in [-0.1, -0.05) is 18.5 Å². The first-order valence-corrected chi connectivity index (χ1v) is 6.33. The van der Waals surface area contributed by atoms with Gasteiger partial charge in [0.25, 0.3) is 0 Å². The number of rotatable bonds is 7. The first-order chi connectivity index (χ1) is 8.22. The number of hydrogen-bond donors (Lipinski definition) is 1. The third-order valence-corrected chi connectivity index (χ3v) is 2.48. The standard InChI is InChI=1S/C13H20ClNO2/c1-4-6-17-13-11(14)7-10(9-15-3)8-12(13)16-5-2/h7-8,15H,4-6,9H2,1-3H3. The summed E-state index contributed by atoms with van der Waals surface area (Å²) in [7, 11) is 1.90. The summed E-state index contributed by atoms with van der Waals surface area (Å²) < 4.78 is 11.2. The van der Waals surface area contributed by atoms with Crippen LogP contribution in [0.4, 0.5) is 0 Å². The van der Waals surface area contributed by atoms with Crippen molar-refractivity contribution in [3.63, 3.8) is 0 Å². The van der Waals surface area contributed by atoms with Crippen molar-refractivity contribution >= 4 is 11.6 Å². The summed E-state index contributed by atoms with van der Waals surface area (Å²) in [5.41, 5.74) is 1.09. The second-order valence-corrected chi connectivity index (χ2v) is 4.12. The third-order valence-electron chi connectivity index (χ3n) is 2.20. The summed E-state index contributed by atoms with van der Waals surface area (Å²) in [6.07, 6.45) is 0.945. The highest BCUT2D eigenvalue weighted by atomic mass is 35.5. The van der Waals surface area contributed by atoms with E-state index >= 15 is 0 Å². The lowest BCUT2D eigenvalue weighted by Gasteiger charge is -2.14. The molecule has 1 aromatic carbocycles. The minimum absolute atomic E-state index is 0.599. The Morgan fingerprint density at radius 3 is 2.59 bits per heavy atom. The largest absolute Gasteiger partial charge is 0.490 e. The fourth-order valence-corrected chi connectivity index (χ4v) is 1.82. The van der Waals surface area contributed by atoms with Crippen molar-refractivity contribution in [1.82, 2.24) is 5.32 Å². The third kappa shape index (κ3) is 4.10. The summed E-state index contributed by atoms with van der Waals surface area (Å²) in [5.74, 6) is 1.37. The lowest BCUT2D eigenvalue weighted by molar-refractivity contribution is 0.277. The Kier molecular flexibility index (Phi) is 6.16. The van der Waals surface area contributed by atoms with Crippen molar-refractivity contribution in [1.29, 1.82) is 0 Å². The van der Waals surface area contributed by atoms with E-state index in [1.807, 2.05) is 26.1 Å². The van der Waals surface area contributed by atoms with Crippen LogP contribution >= 0.6 is 11.6 Å². The zero-order valence-electron chi connectivity index (χ0n) is 10.7. The van der Waals surface area contributed by atoms with E-state index in [0.717, 1.165) is 24.3 Å². The molecule has 0 aromatic heterocycles. The molecule has 0 unspecified atom stereocenters. The van der Waals surface area contributed by atoms with Gasteiger partial charge in [0.15, 0.2) is 11.5 Å². The van der Waals surface area contributed by atoms with Gasteiger partial charge in [-0.25, -0.2) is 0 Å². The molecule has 3 nitrogen and oxygen atoms in total. The average Bonchev–Trinajstić information content (AvgIpc) is 2.29. The molecule has 1 aromatic rings. The van der Waals surface area contributed by atoms with Crippen LogP contribution in [0.1, 0.15) is 25.8 Å². The highest BCUT2D eigenvalue weighted by molar-refractivity contribution is 6.32. The minimum Gasteiger partial charge on any atom is -0.490 e. The fraction of sp³-hybridized carbons (Fsp3) is 0.538. The summed E-state index contributed by atoms with van der Waals surface area (Å²) in [4.78, 5) is 0. The molecule has 0 amide bonds. The van der Waals surface area contributed by atoms with Crippen molar-refractivity contribution in [2.45, 2.75) is 26.8 Å². The summed E-state index contributed by atoms with van der Waals surface area (Å²) in [6, 6.07) is 3.88. The fourth-order valence-electron chi connectivity index (χ4n) is 1.53. The number of benzene rings is 1. The Bertz CT molecular complexity index is 356. The Morgan fingerprint density at radius 2 is 2.00 bits per heavy atom. The van der Waals surface area contributed by atoms with Crippen LogP contribution in [0.3, 0.4) is 0 Å². The van der Waals surface area contributed by atoms with Crippen molar-refractivity contribution < 1.29 is 9.47 Å². The molecule has 0 saturated carbocycles. The molecule has 0 saturated heterocycles. The van der Waals surface area contributed by atoms with Gasteiger partial charge >= 0.3 is 0 Å². The smallest absolute Gasteiger partial charge is 0.179 e. The van der Waals surface area contributed by atoms with Gasteiger partial charge in [-0.2, -0.15) is 0 Å². The van der Waals surface area contributed by atoms with Crippen LogP contribution in [0.5, 0.6) is 11.5 Å². The molecule has 0 spiro atoms. The van der Waals surface area contributed by atoms with E-state index in [1.165, 1.54) is 0 Å². The van der Waals surface area contributed by atoms with E-state index in [-0.39, 0.29) is 0 Å². The van der Waals surface area contributed by atoms with Crippen molar-refractivity contribution in [2.75, 3.05) is 20.3 Å². The molecular weight excluding hydrogens is 238 g/mol. The van der Waals surface area contributed by atoms with Crippen LogP contribution in [-0.2, 0) is 6.54 Å². The van der Waals surface area contributed by atoms with E-state index in [0.29, 0.717) is 24.0 Å². The molecule has 1 rings (SSSR count). The molecule has 17 heavy (non-hydrogen) atoms. The van der Waals surface area contributed by atoms with Gasteiger partial charge in [0.05, 0.1) is 18.2 Å². The number of hydrogen-bond acceptors (Lipinski definition) is 3. The number of halogens is 1. The molecule has 0 atom stereocenters. The van der Waals surface area contributed by atoms with Gasteiger partial charge in [-0.15, -0.1) is 0 Å². The monoisotopic (exact) mass is 257 g/mol. The Labute approximate surface area is 108 Å². The Balaban J connectivity index is 2.99. The number of nitrogens with one attached hydrogen (secondary N) is 1. The minimum atomic E-state index is 0.599. The average molecular weight is 258 g/mol. The predicted molar refractivity (Wildman–Crippen MR) is 71.2 cm³/mol. The van der Waals surface area contributed by atoms with Crippen LogP contribution in [0, 0.1) is 0 Å². The first kappa shape index (κ1) is 14.1. The molecule has 0 aliphatic heterocycles. The van der Waals surface area contributed by atoms with Crippen LogP contribution in [0.2, 0.25) is 5.02 Å². The molecule has 0 fully saturated rings. The molecule has 4 heteroatoms. The predicted octanol–water partition coefficient (Wildman–Crippen LogP) is 3.25. The Hall–Kier alpha value is -0.930. The van der Waals surface area contributed by atoms with E-state index in [2.05, 4.69) is 12.2 Å². The molecule has 0 aliphatic rings. The lowest BCUT2D eigenvalue weighted by atomic mass is 10.2. The molecule has 1 N–H and O–H groups in total. The van der Waals surface area contributed by atoms with Crippen LogP contribution in [0.15, 0.2) is 12.1 Å². The zero-order chi connectivity index (χ0) is 12.7. The molecule has 96 valence electrons. The van der Waals surface area contributed by atoms with E-state index < -0.39 is 0 Å². The van der Waals surface area contributed by atoms with Crippen molar-refractivity contribution in [3.8, 4) is 11.5 Å². The summed E-state index contributed by atoms with van der Waals surface area (Å²) in [6.45, 7) is 6.01. The summed E-state index contributed by atoms with van der Waals surface area (Å²) >= 11 is 6.21. The van der Waals surface area contributed by atoms with Gasteiger partial charge in [0.1, 0.15) is 0 Å². The number of ether oxygens (including phenoxy) is 2. The SMILES string of the molecule is CCCOc1c(Cl)cc(CNC)cc1OCC. The van der Waals surface area contributed by atoms with E-state index in [9.17, 15) is 0 Å². The second-order valence-electron chi connectivity index (χ2n) is 3.72. The van der Waals surface area contributed by atoms with Crippen molar-refractivity contribution in [3.05, 3.63) is 22.7 Å². The van der Waals surface area contributed by atoms with E-state index in [4.69, 9.17) is 21.1 Å². The first-order valence-electron chi connectivity index (χ1n) is 5.95. The quantitative estimate of drug-likeness (QED) is 0.813. The van der Waals surface area contributed by atoms with Crippen LogP contribution in [0.25, 0.3) is 0 Å². The van der Waals surface area contributed by atoms with Crippen molar-refractivity contribution in [2.24, 2.45) is 0 Å². The lowest BCUT2D eigenvalue weighted by Crippen LogP contribution is -2.07. The maximum atomic E-state index is 6.21. The molecule has 0 heterocycles. The molecule has 0 radical (unpaired) electrons. The highest BCUT2D eigenvalue weighted by Crippen LogP contribution is 2.36. The highest BCUT2D eigenvalue weighted by Gasteiger charge is 2.12. The van der Waals surface area contributed by atoms with Gasteiger partial charge in [-0.3, -0.25) is 0 Å². The zero-order valence-corrected chi connectivity index (χ0v) is 11.4. The maximum Gasteiger partial charge on any atom is 0.179 e. The second kappa shape index (κ2) is 7.41. The normalized spacial score (nSPS) is 10.4. The maximum absolute atomic E-state index is 6.21. The van der Waals surface area contributed by atoms with Crippen LogP contribution < -0.4 is 14.8 Å². The van der Waals surface area contributed by atoms with Gasteiger partial charge in [0.2, 0.25) is 0 Å². The van der Waals surface area contributed by atoms with Gasteiger partial charge in [-0.05, 0) is 38.1 Å².